The van der Waals surface area contributed by atoms with E-state index in [9.17, 15) is 0 Å². The second kappa shape index (κ2) is 6.95. The second-order valence-electron chi connectivity index (χ2n) is 2.24. The molecule has 0 aliphatic carbocycles. The molecule has 0 spiro atoms. The number of nitriles is 1. The quantitative estimate of drug-likeness (QED) is 0.293. The molecule has 0 saturated heterocycles. The summed E-state index contributed by atoms with van der Waals surface area (Å²) in [6, 6.07) is 0.0540. The molecule has 2 N–H and O–H groups in total. The number of aliphatic imine (C=N–C) groups is 1. The lowest BCUT2D eigenvalue weighted by atomic mass is 10.3. The molecule has 0 heterocycles. The van der Waals surface area contributed by atoms with Crippen molar-refractivity contribution in [1.82, 2.24) is 5.32 Å². The van der Waals surface area contributed by atoms with Crippen LogP contribution in [-0.4, -0.2) is 29.2 Å². The molecule has 1 unspecified atom stereocenters. The smallest absolute Gasteiger partial charge is 0.183 e. The molecule has 4 nitrogen and oxygen atoms in total. The summed E-state index contributed by atoms with van der Waals surface area (Å²) < 4.78 is 0. The first-order chi connectivity index (χ1) is 5.74. The SMILES string of the molecule is CSC(=NC(C)CCO)NC#N. The summed E-state index contributed by atoms with van der Waals surface area (Å²) in [5.41, 5.74) is 0. The van der Waals surface area contributed by atoms with Gasteiger partial charge in [-0.3, -0.25) is 10.3 Å². The van der Waals surface area contributed by atoms with Crippen LogP contribution in [-0.2, 0) is 0 Å². The maximum absolute atomic E-state index is 8.59. The lowest BCUT2D eigenvalue weighted by Crippen LogP contribution is -2.16. The average Bonchev–Trinajstić information content (AvgIpc) is 2.04. The number of hydrogen-bond acceptors (Lipinski definition) is 4. The van der Waals surface area contributed by atoms with E-state index < -0.39 is 0 Å². The lowest BCUT2D eigenvalue weighted by Gasteiger charge is -2.05. The van der Waals surface area contributed by atoms with Gasteiger partial charge in [-0.05, 0) is 19.6 Å². The third-order valence-corrected chi connectivity index (χ3v) is 1.83. The van der Waals surface area contributed by atoms with Crippen molar-refractivity contribution in [3.8, 4) is 6.19 Å². The van der Waals surface area contributed by atoms with Gasteiger partial charge in [0.25, 0.3) is 0 Å². The van der Waals surface area contributed by atoms with Gasteiger partial charge in [0.2, 0.25) is 0 Å². The summed E-state index contributed by atoms with van der Waals surface area (Å²) in [5.74, 6) is 0. The predicted octanol–water partition coefficient (Wildman–Crippen LogP) is 0.547. The van der Waals surface area contributed by atoms with E-state index in [2.05, 4.69) is 10.3 Å². The summed E-state index contributed by atoms with van der Waals surface area (Å²) in [6.45, 7) is 2.02. The molecule has 0 aromatic rings. The highest BCUT2D eigenvalue weighted by Gasteiger charge is 2.00. The normalized spacial score (nSPS) is 13.7. The van der Waals surface area contributed by atoms with Crippen molar-refractivity contribution < 1.29 is 5.11 Å². The van der Waals surface area contributed by atoms with Crippen molar-refractivity contribution in [2.45, 2.75) is 19.4 Å². The first-order valence-electron chi connectivity index (χ1n) is 3.62. The molecule has 0 fully saturated rings. The Labute approximate surface area is 76.7 Å². The van der Waals surface area contributed by atoms with Crippen LogP contribution < -0.4 is 5.32 Å². The molecular weight excluding hydrogens is 174 g/mol. The summed E-state index contributed by atoms with van der Waals surface area (Å²) in [4.78, 5) is 4.16. The van der Waals surface area contributed by atoms with Gasteiger partial charge in [-0.15, -0.1) is 0 Å². The summed E-state index contributed by atoms with van der Waals surface area (Å²) in [6.07, 6.45) is 4.27. The van der Waals surface area contributed by atoms with Gasteiger partial charge in [0, 0.05) is 6.61 Å². The van der Waals surface area contributed by atoms with Gasteiger partial charge in [-0.25, -0.2) is 0 Å². The Morgan fingerprint density at radius 1 is 1.83 bits per heavy atom. The predicted molar refractivity (Wildman–Crippen MR) is 50.9 cm³/mol. The van der Waals surface area contributed by atoms with Crippen LogP contribution in [0.15, 0.2) is 4.99 Å². The standard InChI is InChI=1S/C7H13N3OS/c1-6(3-4-11)10-7(12-2)9-5-8/h6,11H,3-4H2,1-2H3,(H,9,10). The number of aliphatic hydroxyl groups excluding tert-OH is 1. The zero-order valence-corrected chi connectivity index (χ0v) is 8.06. The Hall–Kier alpha value is -0.730. The minimum Gasteiger partial charge on any atom is -0.396 e. The molecule has 5 heteroatoms. The van der Waals surface area contributed by atoms with Crippen molar-refractivity contribution in [3.05, 3.63) is 0 Å². The number of nitrogens with zero attached hydrogens (tertiary/aromatic N) is 2. The molecule has 0 radical (unpaired) electrons. The summed E-state index contributed by atoms with van der Waals surface area (Å²) >= 11 is 1.38. The van der Waals surface area contributed by atoms with Gasteiger partial charge in [0.1, 0.15) is 0 Å². The third kappa shape index (κ3) is 4.99. The van der Waals surface area contributed by atoms with Crippen molar-refractivity contribution >= 4 is 16.9 Å². The largest absolute Gasteiger partial charge is 0.396 e. The highest BCUT2D eigenvalue weighted by molar-refractivity contribution is 8.13. The van der Waals surface area contributed by atoms with E-state index in [0.717, 1.165) is 0 Å². The van der Waals surface area contributed by atoms with Gasteiger partial charge in [0.05, 0.1) is 6.04 Å². The molecule has 0 aliphatic heterocycles. The molecule has 0 amide bonds. The van der Waals surface area contributed by atoms with Crippen molar-refractivity contribution in [2.75, 3.05) is 12.9 Å². The Balaban J connectivity index is 3.99. The molecule has 1 atom stereocenters. The van der Waals surface area contributed by atoms with Gasteiger partial charge < -0.3 is 5.11 Å². The van der Waals surface area contributed by atoms with E-state index in [1.807, 2.05) is 13.2 Å². The number of rotatable bonds is 3. The van der Waals surface area contributed by atoms with Gasteiger partial charge in [-0.1, -0.05) is 11.8 Å². The first-order valence-corrected chi connectivity index (χ1v) is 4.84. The van der Waals surface area contributed by atoms with Crippen LogP contribution in [0.3, 0.4) is 0 Å². The highest BCUT2D eigenvalue weighted by atomic mass is 32.2. The van der Waals surface area contributed by atoms with E-state index in [-0.39, 0.29) is 12.6 Å². The second-order valence-corrected chi connectivity index (χ2v) is 3.03. The Kier molecular flexibility index (Phi) is 6.53. The molecule has 68 valence electrons. The molecule has 0 bridgehead atoms. The number of hydrogen-bond donors (Lipinski definition) is 2. The maximum atomic E-state index is 8.59. The van der Waals surface area contributed by atoms with E-state index in [1.54, 1.807) is 6.19 Å². The van der Waals surface area contributed by atoms with Crippen LogP contribution in [0.2, 0.25) is 0 Å². The summed E-state index contributed by atoms with van der Waals surface area (Å²) in [7, 11) is 0. The topological polar surface area (TPSA) is 68.4 Å². The zero-order chi connectivity index (χ0) is 9.40. The molecule has 12 heavy (non-hydrogen) atoms. The third-order valence-electron chi connectivity index (χ3n) is 1.24. The summed E-state index contributed by atoms with van der Waals surface area (Å²) in [5, 5.41) is 20.0. The fourth-order valence-electron chi connectivity index (χ4n) is 0.635. The monoisotopic (exact) mass is 187 g/mol. The minimum atomic E-state index is 0.0540. The van der Waals surface area contributed by atoms with Crippen LogP contribution in [0.4, 0.5) is 0 Å². The Bertz CT molecular complexity index is 188. The van der Waals surface area contributed by atoms with Crippen molar-refractivity contribution in [3.63, 3.8) is 0 Å². The van der Waals surface area contributed by atoms with Crippen molar-refractivity contribution in [2.24, 2.45) is 4.99 Å². The van der Waals surface area contributed by atoms with Gasteiger partial charge in [-0.2, -0.15) is 5.26 Å². The van der Waals surface area contributed by atoms with Crippen LogP contribution >= 0.6 is 11.8 Å². The fraction of sp³-hybridized carbons (Fsp3) is 0.714. The first kappa shape index (κ1) is 11.3. The van der Waals surface area contributed by atoms with E-state index >= 15 is 0 Å². The minimum absolute atomic E-state index is 0.0540. The number of amidine groups is 1. The molecule has 0 aliphatic rings. The zero-order valence-electron chi connectivity index (χ0n) is 7.24. The van der Waals surface area contributed by atoms with Crippen LogP contribution in [0.5, 0.6) is 0 Å². The molecular formula is C7H13N3OS. The fourth-order valence-corrected chi connectivity index (χ4v) is 1.07. The van der Waals surface area contributed by atoms with Crippen LogP contribution in [0.25, 0.3) is 0 Å². The van der Waals surface area contributed by atoms with Gasteiger partial charge >= 0.3 is 0 Å². The van der Waals surface area contributed by atoms with Gasteiger partial charge in [0.15, 0.2) is 11.4 Å². The van der Waals surface area contributed by atoms with E-state index in [1.165, 1.54) is 11.8 Å². The Morgan fingerprint density at radius 3 is 2.92 bits per heavy atom. The molecule has 0 aromatic heterocycles. The molecule has 0 aromatic carbocycles. The molecule has 0 rings (SSSR count). The highest BCUT2D eigenvalue weighted by Crippen LogP contribution is 2.01. The molecule has 0 saturated carbocycles. The number of nitrogens with one attached hydrogen (secondary N) is 1. The van der Waals surface area contributed by atoms with Crippen LogP contribution in [0, 0.1) is 11.5 Å². The number of aliphatic hydroxyl groups is 1. The van der Waals surface area contributed by atoms with Crippen molar-refractivity contribution in [1.29, 1.82) is 5.26 Å². The van der Waals surface area contributed by atoms with E-state index in [4.69, 9.17) is 10.4 Å². The maximum Gasteiger partial charge on any atom is 0.183 e. The number of thioether (sulfide) groups is 1. The van der Waals surface area contributed by atoms with E-state index in [0.29, 0.717) is 11.6 Å². The lowest BCUT2D eigenvalue weighted by molar-refractivity contribution is 0.279. The Morgan fingerprint density at radius 2 is 2.50 bits per heavy atom. The van der Waals surface area contributed by atoms with Crippen LogP contribution in [0.1, 0.15) is 13.3 Å². The average molecular weight is 187 g/mol.